The highest BCUT2D eigenvalue weighted by molar-refractivity contribution is 4.68. The number of hydrogen-bond acceptors (Lipinski definition) is 2. The molecular formula is C12H25NO. The summed E-state index contributed by atoms with van der Waals surface area (Å²) in [5.41, 5.74) is 0. The monoisotopic (exact) mass is 199 g/mol. The molecule has 2 unspecified atom stereocenters. The normalized spacial score (nSPS) is 25.3. The topological polar surface area (TPSA) is 21.3 Å². The molecule has 1 fully saturated rings. The van der Waals surface area contributed by atoms with Crippen LogP contribution in [0.5, 0.6) is 0 Å². The zero-order valence-electron chi connectivity index (χ0n) is 9.88. The van der Waals surface area contributed by atoms with Gasteiger partial charge in [0.25, 0.3) is 0 Å². The summed E-state index contributed by atoms with van der Waals surface area (Å²) < 4.78 is 5.76. The molecule has 0 radical (unpaired) electrons. The van der Waals surface area contributed by atoms with Crippen LogP contribution in [0.4, 0.5) is 0 Å². The zero-order chi connectivity index (χ0) is 10.4. The Morgan fingerprint density at radius 2 is 2.14 bits per heavy atom. The second kappa shape index (κ2) is 6.41. The highest BCUT2D eigenvalue weighted by Crippen LogP contribution is 2.13. The van der Waals surface area contributed by atoms with Gasteiger partial charge in [-0.25, -0.2) is 0 Å². The van der Waals surface area contributed by atoms with E-state index in [2.05, 4.69) is 26.1 Å². The average molecular weight is 199 g/mol. The second-order valence-electron chi connectivity index (χ2n) is 4.97. The van der Waals surface area contributed by atoms with Crippen LogP contribution in [0.15, 0.2) is 0 Å². The number of rotatable bonds is 5. The summed E-state index contributed by atoms with van der Waals surface area (Å²) in [6.45, 7) is 11.0. The highest BCUT2D eigenvalue weighted by Gasteiger charge is 2.14. The standard InChI is InChI=1S/C12H25NO/c1-10(2)11(3)8-14-9-12-5-4-6-13-7-12/h10-13H,4-9H2,1-3H3. The molecule has 0 aliphatic carbocycles. The van der Waals surface area contributed by atoms with Crippen molar-refractivity contribution in [2.24, 2.45) is 17.8 Å². The quantitative estimate of drug-likeness (QED) is 0.733. The first-order chi connectivity index (χ1) is 6.70. The molecule has 1 aliphatic heterocycles. The summed E-state index contributed by atoms with van der Waals surface area (Å²) in [4.78, 5) is 0. The van der Waals surface area contributed by atoms with Crippen molar-refractivity contribution < 1.29 is 4.74 Å². The number of nitrogens with one attached hydrogen (secondary N) is 1. The van der Waals surface area contributed by atoms with Crippen LogP contribution in [0.1, 0.15) is 33.6 Å². The molecule has 1 saturated heterocycles. The van der Waals surface area contributed by atoms with Crippen LogP contribution in [0.2, 0.25) is 0 Å². The van der Waals surface area contributed by atoms with Crippen molar-refractivity contribution in [2.45, 2.75) is 33.6 Å². The first kappa shape index (κ1) is 12.0. The van der Waals surface area contributed by atoms with Crippen LogP contribution < -0.4 is 5.32 Å². The molecule has 0 aromatic heterocycles. The molecular weight excluding hydrogens is 174 g/mol. The Bertz CT molecular complexity index is 141. The summed E-state index contributed by atoms with van der Waals surface area (Å²) in [6.07, 6.45) is 2.65. The molecule has 84 valence electrons. The third kappa shape index (κ3) is 4.43. The molecule has 0 spiro atoms. The maximum atomic E-state index is 5.76. The Morgan fingerprint density at radius 1 is 1.36 bits per heavy atom. The lowest BCUT2D eigenvalue weighted by Gasteiger charge is -2.24. The van der Waals surface area contributed by atoms with Gasteiger partial charge in [-0.1, -0.05) is 20.8 Å². The van der Waals surface area contributed by atoms with Crippen LogP contribution in [0.3, 0.4) is 0 Å². The van der Waals surface area contributed by atoms with Crippen LogP contribution in [-0.2, 0) is 4.74 Å². The average Bonchev–Trinajstić information content (AvgIpc) is 2.19. The molecule has 1 heterocycles. The summed E-state index contributed by atoms with van der Waals surface area (Å²) in [5.74, 6) is 2.18. The molecule has 1 rings (SSSR count). The number of hydrogen-bond donors (Lipinski definition) is 1. The summed E-state index contributed by atoms with van der Waals surface area (Å²) in [7, 11) is 0. The van der Waals surface area contributed by atoms with E-state index in [1.165, 1.54) is 19.4 Å². The van der Waals surface area contributed by atoms with Gasteiger partial charge in [0.1, 0.15) is 0 Å². The van der Waals surface area contributed by atoms with E-state index < -0.39 is 0 Å². The molecule has 2 atom stereocenters. The fraction of sp³-hybridized carbons (Fsp3) is 1.00. The molecule has 14 heavy (non-hydrogen) atoms. The molecule has 2 nitrogen and oxygen atoms in total. The van der Waals surface area contributed by atoms with Gasteiger partial charge in [-0.05, 0) is 37.1 Å². The van der Waals surface area contributed by atoms with E-state index in [1.54, 1.807) is 0 Å². The van der Waals surface area contributed by atoms with Gasteiger partial charge in [-0.3, -0.25) is 0 Å². The van der Waals surface area contributed by atoms with Gasteiger partial charge in [-0.2, -0.15) is 0 Å². The van der Waals surface area contributed by atoms with Crippen LogP contribution in [-0.4, -0.2) is 26.3 Å². The molecule has 0 aromatic rings. The minimum Gasteiger partial charge on any atom is -0.381 e. The Balaban J connectivity index is 2.02. The van der Waals surface area contributed by atoms with Crippen molar-refractivity contribution in [1.29, 1.82) is 0 Å². The van der Waals surface area contributed by atoms with Crippen molar-refractivity contribution in [3.05, 3.63) is 0 Å². The van der Waals surface area contributed by atoms with E-state index in [9.17, 15) is 0 Å². The minimum absolute atomic E-state index is 0.687. The highest BCUT2D eigenvalue weighted by atomic mass is 16.5. The van der Waals surface area contributed by atoms with Crippen LogP contribution >= 0.6 is 0 Å². The minimum atomic E-state index is 0.687. The van der Waals surface area contributed by atoms with E-state index in [4.69, 9.17) is 4.74 Å². The third-order valence-corrected chi connectivity index (χ3v) is 3.27. The van der Waals surface area contributed by atoms with E-state index in [0.29, 0.717) is 5.92 Å². The zero-order valence-corrected chi connectivity index (χ0v) is 9.88. The van der Waals surface area contributed by atoms with Gasteiger partial charge in [0, 0.05) is 13.2 Å². The van der Waals surface area contributed by atoms with Crippen molar-refractivity contribution in [1.82, 2.24) is 5.32 Å². The molecule has 0 aromatic carbocycles. The fourth-order valence-corrected chi connectivity index (χ4v) is 1.68. The molecule has 1 N–H and O–H groups in total. The predicted octanol–water partition coefficient (Wildman–Crippen LogP) is 2.29. The van der Waals surface area contributed by atoms with Gasteiger partial charge in [0.05, 0.1) is 6.61 Å². The second-order valence-corrected chi connectivity index (χ2v) is 4.97. The predicted molar refractivity (Wildman–Crippen MR) is 60.4 cm³/mol. The molecule has 2 heteroatoms. The van der Waals surface area contributed by atoms with Crippen molar-refractivity contribution in [3.63, 3.8) is 0 Å². The Labute approximate surface area is 88.4 Å². The third-order valence-electron chi connectivity index (χ3n) is 3.27. The smallest absolute Gasteiger partial charge is 0.0506 e. The van der Waals surface area contributed by atoms with Gasteiger partial charge in [0.2, 0.25) is 0 Å². The maximum absolute atomic E-state index is 5.76. The van der Waals surface area contributed by atoms with Crippen molar-refractivity contribution >= 4 is 0 Å². The lowest BCUT2D eigenvalue weighted by Crippen LogP contribution is -2.32. The maximum Gasteiger partial charge on any atom is 0.0506 e. The lowest BCUT2D eigenvalue weighted by atomic mass is 9.99. The molecule has 0 saturated carbocycles. The fourth-order valence-electron chi connectivity index (χ4n) is 1.68. The van der Waals surface area contributed by atoms with Gasteiger partial charge in [-0.15, -0.1) is 0 Å². The van der Waals surface area contributed by atoms with E-state index >= 15 is 0 Å². The van der Waals surface area contributed by atoms with Crippen LogP contribution in [0, 0.1) is 17.8 Å². The summed E-state index contributed by atoms with van der Waals surface area (Å²) in [5, 5.41) is 3.42. The first-order valence-corrected chi connectivity index (χ1v) is 5.98. The van der Waals surface area contributed by atoms with E-state index in [-0.39, 0.29) is 0 Å². The Morgan fingerprint density at radius 3 is 2.71 bits per heavy atom. The number of ether oxygens (including phenoxy) is 1. The van der Waals surface area contributed by atoms with Gasteiger partial charge < -0.3 is 10.1 Å². The lowest BCUT2D eigenvalue weighted by molar-refractivity contribution is 0.0572. The Hall–Kier alpha value is -0.0800. The van der Waals surface area contributed by atoms with Crippen LogP contribution in [0.25, 0.3) is 0 Å². The SMILES string of the molecule is CC(C)C(C)COCC1CCCNC1. The summed E-state index contributed by atoms with van der Waals surface area (Å²) in [6, 6.07) is 0. The number of piperidine rings is 1. The Kier molecular flexibility index (Phi) is 5.49. The molecule has 0 amide bonds. The van der Waals surface area contributed by atoms with E-state index in [0.717, 1.165) is 31.6 Å². The van der Waals surface area contributed by atoms with Gasteiger partial charge >= 0.3 is 0 Å². The molecule has 1 aliphatic rings. The molecule has 0 bridgehead atoms. The summed E-state index contributed by atoms with van der Waals surface area (Å²) >= 11 is 0. The largest absolute Gasteiger partial charge is 0.381 e. The van der Waals surface area contributed by atoms with E-state index in [1.807, 2.05) is 0 Å². The first-order valence-electron chi connectivity index (χ1n) is 5.98. The van der Waals surface area contributed by atoms with Crippen molar-refractivity contribution in [3.8, 4) is 0 Å². The van der Waals surface area contributed by atoms with Crippen molar-refractivity contribution in [2.75, 3.05) is 26.3 Å². The van der Waals surface area contributed by atoms with Gasteiger partial charge in [0.15, 0.2) is 0 Å².